The average Bonchev–Trinajstić information content (AvgIpc) is 3.31. The molecule has 3 aromatic rings. The van der Waals surface area contributed by atoms with Gasteiger partial charge in [0.25, 0.3) is 5.91 Å². The van der Waals surface area contributed by atoms with Crippen LogP contribution < -0.4 is 21.0 Å². The van der Waals surface area contributed by atoms with Gasteiger partial charge < -0.3 is 4.74 Å². The molecule has 3 aromatic carbocycles. The Labute approximate surface area is 192 Å². The molecule has 2 atom stereocenters. The minimum atomic E-state index is -0.375. The lowest BCUT2D eigenvalue weighted by molar-refractivity contribution is -0.122. The third-order valence-corrected chi connectivity index (χ3v) is 5.54. The second-order valence-corrected chi connectivity index (χ2v) is 8.20. The van der Waals surface area contributed by atoms with Crippen molar-refractivity contribution in [1.29, 1.82) is 0 Å². The fourth-order valence-electron chi connectivity index (χ4n) is 3.39. The Morgan fingerprint density at radius 2 is 1.78 bits per heavy atom. The van der Waals surface area contributed by atoms with E-state index in [1.165, 1.54) is 5.56 Å². The van der Waals surface area contributed by atoms with Gasteiger partial charge in [0, 0.05) is 11.1 Å². The highest BCUT2D eigenvalue weighted by Crippen LogP contribution is 2.24. The van der Waals surface area contributed by atoms with Crippen LogP contribution in [0.1, 0.15) is 34.7 Å². The molecular weight excluding hydrogens is 424 g/mol. The molecule has 1 saturated heterocycles. The van der Waals surface area contributed by atoms with Crippen LogP contribution in [0.15, 0.2) is 77.9 Å². The van der Waals surface area contributed by atoms with E-state index in [1.807, 2.05) is 36.4 Å². The molecule has 0 aliphatic carbocycles. The molecule has 2 unspecified atom stereocenters. The summed E-state index contributed by atoms with van der Waals surface area (Å²) < 4.78 is 5.87. The second-order valence-electron chi connectivity index (χ2n) is 7.76. The van der Waals surface area contributed by atoms with Crippen LogP contribution in [0.25, 0.3) is 0 Å². The molecular formula is C25H25ClN4O2. The third-order valence-electron chi connectivity index (χ3n) is 5.29. The number of amides is 1. The number of carbonyl (C=O) groups is 1. The summed E-state index contributed by atoms with van der Waals surface area (Å²) in [7, 11) is 0. The van der Waals surface area contributed by atoms with Crippen LogP contribution in [-0.4, -0.2) is 18.2 Å². The molecule has 7 heteroatoms. The Morgan fingerprint density at radius 3 is 2.50 bits per heavy atom. The van der Waals surface area contributed by atoms with Gasteiger partial charge in [-0.3, -0.25) is 4.79 Å². The zero-order valence-corrected chi connectivity index (χ0v) is 18.5. The van der Waals surface area contributed by atoms with Crippen molar-refractivity contribution in [3.05, 3.63) is 100 Å². The van der Waals surface area contributed by atoms with Gasteiger partial charge in [0.2, 0.25) is 0 Å². The van der Waals surface area contributed by atoms with Crippen molar-refractivity contribution < 1.29 is 9.53 Å². The van der Waals surface area contributed by atoms with Crippen LogP contribution in [-0.2, 0) is 11.4 Å². The molecule has 32 heavy (non-hydrogen) atoms. The number of benzene rings is 3. The fourth-order valence-corrected chi connectivity index (χ4v) is 3.52. The molecule has 3 N–H and O–H groups in total. The number of nitrogens with zero attached hydrogens (tertiary/aromatic N) is 1. The van der Waals surface area contributed by atoms with E-state index in [2.05, 4.69) is 52.6 Å². The first-order valence-corrected chi connectivity index (χ1v) is 10.8. The molecule has 0 aromatic heterocycles. The number of carbonyl (C=O) groups excluding carboxylic acids is 1. The number of hydrogen-bond acceptors (Lipinski definition) is 5. The summed E-state index contributed by atoms with van der Waals surface area (Å²) in [4.78, 5) is 12.4. The van der Waals surface area contributed by atoms with E-state index in [9.17, 15) is 4.79 Å². The number of ether oxygens (including phenoxy) is 1. The molecule has 1 amide bonds. The largest absolute Gasteiger partial charge is 0.489 e. The van der Waals surface area contributed by atoms with Gasteiger partial charge in [-0.1, -0.05) is 65.7 Å². The van der Waals surface area contributed by atoms with E-state index in [0.29, 0.717) is 18.1 Å². The third kappa shape index (κ3) is 5.95. The minimum absolute atomic E-state index is 0.0251. The normalized spacial score (nSPS) is 18.1. The Kier molecular flexibility index (Phi) is 7.17. The van der Waals surface area contributed by atoms with Gasteiger partial charge in [-0.15, -0.1) is 0 Å². The van der Waals surface area contributed by atoms with E-state index in [4.69, 9.17) is 16.3 Å². The molecule has 0 bridgehead atoms. The number of rotatable bonds is 7. The lowest BCUT2D eigenvalue weighted by atomic mass is 10.0. The molecule has 0 spiro atoms. The highest BCUT2D eigenvalue weighted by atomic mass is 35.5. The van der Waals surface area contributed by atoms with Crippen molar-refractivity contribution in [2.75, 3.05) is 0 Å². The predicted molar refractivity (Wildman–Crippen MR) is 127 cm³/mol. The van der Waals surface area contributed by atoms with Crippen molar-refractivity contribution in [1.82, 2.24) is 16.3 Å². The zero-order chi connectivity index (χ0) is 22.3. The summed E-state index contributed by atoms with van der Waals surface area (Å²) in [6.45, 7) is 2.60. The van der Waals surface area contributed by atoms with Crippen molar-refractivity contribution in [2.45, 2.75) is 32.0 Å². The number of halogens is 1. The van der Waals surface area contributed by atoms with Gasteiger partial charge in [0.05, 0.1) is 6.21 Å². The summed E-state index contributed by atoms with van der Waals surface area (Å²) in [5, 5.41) is 4.68. The number of nitrogens with one attached hydrogen (secondary N) is 3. The average molecular weight is 449 g/mol. The minimum Gasteiger partial charge on any atom is -0.489 e. The van der Waals surface area contributed by atoms with E-state index >= 15 is 0 Å². The molecule has 1 fully saturated rings. The Balaban J connectivity index is 1.25. The van der Waals surface area contributed by atoms with Crippen LogP contribution in [0.4, 0.5) is 0 Å². The molecule has 6 nitrogen and oxygen atoms in total. The highest BCUT2D eigenvalue weighted by Gasteiger charge is 2.30. The molecule has 0 saturated carbocycles. The monoisotopic (exact) mass is 448 g/mol. The van der Waals surface area contributed by atoms with Gasteiger partial charge in [-0.25, -0.2) is 16.3 Å². The van der Waals surface area contributed by atoms with E-state index < -0.39 is 0 Å². The van der Waals surface area contributed by atoms with Crippen LogP contribution in [0.5, 0.6) is 5.75 Å². The quantitative estimate of drug-likeness (QED) is 0.372. The first kappa shape index (κ1) is 22.0. The van der Waals surface area contributed by atoms with Gasteiger partial charge in [0.15, 0.2) is 0 Å². The topological polar surface area (TPSA) is 74.8 Å². The lowest BCUT2D eigenvalue weighted by Crippen LogP contribution is -2.41. The highest BCUT2D eigenvalue weighted by molar-refractivity contribution is 6.30. The lowest BCUT2D eigenvalue weighted by Gasteiger charge is -2.11. The molecule has 1 heterocycles. The zero-order valence-electron chi connectivity index (χ0n) is 17.7. The molecule has 164 valence electrons. The number of hydrazine groups is 1. The van der Waals surface area contributed by atoms with Crippen LogP contribution >= 0.6 is 11.6 Å². The molecule has 0 radical (unpaired) electrons. The maximum absolute atomic E-state index is 12.4. The first-order valence-electron chi connectivity index (χ1n) is 10.4. The van der Waals surface area contributed by atoms with E-state index in [0.717, 1.165) is 22.4 Å². The number of hydrogen-bond donors (Lipinski definition) is 3. The van der Waals surface area contributed by atoms with Crippen molar-refractivity contribution in [3.8, 4) is 5.75 Å². The molecule has 1 aliphatic rings. The summed E-state index contributed by atoms with van der Waals surface area (Å²) in [5.74, 6) is 0.620. The summed E-state index contributed by atoms with van der Waals surface area (Å²) in [5.41, 5.74) is 13.1. The number of hydrazone groups is 1. The SMILES string of the molecule is Cc1ccc(COc2ccc(C3CC(C(=O)N/N=C/c4ccc(Cl)cc4)NN3)cc2)cc1. The first-order chi connectivity index (χ1) is 15.6. The predicted octanol–water partition coefficient (Wildman–Crippen LogP) is 4.29. The van der Waals surface area contributed by atoms with Gasteiger partial charge in [-0.2, -0.15) is 5.10 Å². The van der Waals surface area contributed by atoms with Gasteiger partial charge in [-0.05, 0) is 54.3 Å². The van der Waals surface area contributed by atoms with E-state index in [1.54, 1.807) is 18.3 Å². The standard InChI is InChI=1S/C25H25ClN4O2/c1-17-2-4-19(5-3-17)16-32-22-12-8-20(9-13-22)23-14-24(29-28-23)25(31)30-27-15-18-6-10-21(26)11-7-18/h2-13,15,23-24,28-29H,14,16H2,1H3,(H,30,31)/b27-15+. The Bertz CT molecular complexity index is 1070. The van der Waals surface area contributed by atoms with Crippen LogP contribution in [0.2, 0.25) is 5.02 Å². The second kappa shape index (κ2) is 10.4. The van der Waals surface area contributed by atoms with Crippen molar-refractivity contribution >= 4 is 23.7 Å². The van der Waals surface area contributed by atoms with Gasteiger partial charge >= 0.3 is 0 Å². The fraction of sp³-hybridized carbons (Fsp3) is 0.200. The van der Waals surface area contributed by atoms with Crippen molar-refractivity contribution in [3.63, 3.8) is 0 Å². The van der Waals surface area contributed by atoms with Crippen LogP contribution in [0, 0.1) is 6.92 Å². The smallest absolute Gasteiger partial charge is 0.258 e. The Morgan fingerprint density at radius 1 is 1.06 bits per heavy atom. The number of aryl methyl sites for hydroxylation is 1. The molecule has 1 aliphatic heterocycles. The van der Waals surface area contributed by atoms with Crippen molar-refractivity contribution in [2.24, 2.45) is 5.10 Å². The summed E-state index contributed by atoms with van der Waals surface area (Å²) in [6.07, 6.45) is 2.20. The Hall–Kier alpha value is -3.19. The van der Waals surface area contributed by atoms with E-state index in [-0.39, 0.29) is 18.0 Å². The maximum atomic E-state index is 12.4. The van der Waals surface area contributed by atoms with Crippen LogP contribution in [0.3, 0.4) is 0 Å². The summed E-state index contributed by atoms with van der Waals surface area (Å²) in [6, 6.07) is 23.1. The summed E-state index contributed by atoms with van der Waals surface area (Å²) >= 11 is 5.86. The maximum Gasteiger partial charge on any atom is 0.258 e. The molecule has 4 rings (SSSR count). The van der Waals surface area contributed by atoms with Gasteiger partial charge in [0.1, 0.15) is 18.4 Å².